The minimum absolute atomic E-state index is 0. The molecular weight excluding hydrogens is 497 g/mol. The number of nitrogens with zero attached hydrogens (tertiary/aromatic N) is 2. The molecule has 0 spiro atoms. The van der Waals surface area contributed by atoms with Crippen molar-refractivity contribution in [2.24, 2.45) is 10.1 Å². The van der Waals surface area contributed by atoms with Gasteiger partial charge in [-0.15, -0.1) is 35.3 Å². The van der Waals surface area contributed by atoms with Crippen molar-refractivity contribution in [1.29, 1.82) is 0 Å². The number of sulfonamides is 1. The Morgan fingerprint density at radius 1 is 1.22 bits per heavy atom. The van der Waals surface area contributed by atoms with Crippen molar-refractivity contribution < 1.29 is 8.42 Å². The Balaban J connectivity index is 0.00000364. The molecule has 27 heavy (non-hydrogen) atoms. The van der Waals surface area contributed by atoms with Gasteiger partial charge in [0.15, 0.2) is 5.96 Å². The lowest BCUT2D eigenvalue weighted by Crippen LogP contribution is -2.38. The molecule has 0 atom stereocenters. The molecular formula is C17H26IN5O2S2. The predicted molar refractivity (Wildman–Crippen MR) is 121 cm³/mol. The van der Waals surface area contributed by atoms with Crippen molar-refractivity contribution >= 4 is 51.3 Å². The average molecular weight is 523 g/mol. The summed E-state index contributed by atoms with van der Waals surface area (Å²) in [6, 6.07) is 6.60. The number of aromatic nitrogens is 1. The molecule has 0 unspecified atom stereocenters. The molecule has 0 radical (unpaired) electrons. The first kappa shape index (κ1) is 23.8. The third-order valence-electron chi connectivity index (χ3n) is 3.68. The van der Waals surface area contributed by atoms with E-state index in [1.165, 1.54) is 17.0 Å². The van der Waals surface area contributed by atoms with Gasteiger partial charge in [-0.25, -0.2) is 23.5 Å². The van der Waals surface area contributed by atoms with E-state index in [4.69, 9.17) is 5.14 Å². The average Bonchev–Trinajstić information content (AvgIpc) is 2.90. The minimum atomic E-state index is -3.65. The number of hydrogen-bond acceptors (Lipinski definition) is 5. The van der Waals surface area contributed by atoms with E-state index < -0.39 is 10.0 Å². The topological polar surface area (TPSA) is 109 Å². The van der Waals surface area contributed by atoms with Gasteiger partial charge in [0.25, 0.3) is 0 Å². The number of hydrogen-bond donors (Lipinski definition) is 3. The fourth-order valence-electron chi connectivity index (χ4n) is 2.38. The molecule has 1 aromatic carbocycles. The maximum atomic E-state index is 11.3. The monoisotopic (exact) mass is 523 g/mol. The summed E-state index contributed by atoms with van der Waals surface area (Å²) in [5.41, 5.74) is 2.05. The zero-order valence-corrected chi connectivity index (χ0v) is 19.6. The molecule has 1 aromatic heterocycles. The van der Waals surface area contributed by atoms with E-state index in [1.54, 1.807) is 23.5 Å². The summed E-state index contributed by atoms with van der Waals surface area (Å²) in [6.45, 7) is 8.06. The molecule has 0 aliphatic heterocycles. The van der Waals surface area contributed by atoms with Gasteiger partial charge >= 0.3 is 0 Å². The number of nitrogens with two attached hydrogens (primary N) is 1. The molecule has 2 rings (SSSR count). The van der Waals surface area contributed by atoms with Gasteiger partial charge in [-0.3, -0.25) is 0 Å². The second-order valence-corrected chi connectivity index (χ2v) is 8.65. The Kier molecular flexibility index (Phi) is 9.63. The molecule has 4 N–H and O–H groups in total. The van der Waals surface area contributed by atoms with Crippen LogP contribution in [-0.2, 0) is 23.0 Å². The molecule has 7 nitrogen and oxygen atoms in total. The number of benzene rings is 1. The first-order valence-corrected chi connectivity index (χ1v) is 10.7. The number of guanidine groups is 1. The summed E-state index contributed by atoms with van der Waals surface area (Å²) in [7, 11) is -3.65. The van der Waals surface area contributed by atoms with Crippen LogP contribution in [0.1, 0.15) is 28.1 Å². The van der Waals surface area contributed by atoms with Gasteiger partial charge in [-0.2, -0.15) is 0 Å². The molecule has 0 bridgehead atoms. The Bertz CT molecular complexity index is 864. The fraction of sp³-hybridized carbons (Fsp3) is 0.412. The highest BCUT2D eigenvalue weighted by molar-refractivity contribution is 14.0. The Morgan fingerprint density at radius 2 is 1.89 bits per heavy atom. The van der Waals surface area contributed by atoms with E-state index in [0.717, 1.165) is 35.2 Å². The molecule has 2 aromatic rings. The van der Waals surface area contributed by atoms with E-state index in [9.17, 15) is 8.42 Å². The number of aliphatic imine (C=N–C) groups is 1. The molecule has 0 amide bonds. The Labute approximate surface area is 182 Å². The van der Waals surface area contributed by atoms with Gasteiger partial charge < -0.3 is 10.6 Å². The zero-order valence-electron chi connectivity index (χ0n) is 15.7. The van der Waals surface area contributed by atoms with Crippen LogP contribution in [0, 0.1) is 13.8 Å². The van der Waals surface area contributed by atoms with E-state index in [-0.39, 0.29) is 28.9 Å². The summed E-state index contributed by atoms with van der Waals surface area (Å²) in [5.74, 6) is 0.749. The van der Waals surface area contributed by atoms with Crippen molar-refractivity contribution in [3.8, 4) is 0 Å². The Hall–Kier alpha value is -1.24. The number of primary sulfonamides is 1. The maximum Gasteiger partial charge on any atom is 0.238 e. The number of halogens is 1. The van der Waals surface area contributed by atoms with Crippen LogP contribution in [0.25, 0.3) is 0 Å². The lowest BCUT2D eigenvalue weighted by atomic mass is 10.1. The van der Waals surface area contributed by atoms with Crippen LogP contribution in [0.4, 0.5) is 0 Å². The summed E-state index contributed by atoms with van der Waals surface area (Å²) in [4.78, 5) is 10.3. The van der Waals surface area contributed by atoms with Gasteiger partial charge in [0, 0.05) is 18.0 Å². The number of nitrogens with one attached hydrogen (secondary N) is 2. The van der Waals surface area contributed by atoms with Crippen LogP contribution in [0.15, 0.2) is 34.2 Å². The Morgan fingerprint density at radius 3 is 2.41 bits per heavy atom. The van der Waals surface area contributed by atoms with E-state index >= 15 is 0 Å². The quantitative estimate of drug-likeness (QED) is 0.293. The van der Waals surface area contributed by atoms with Crippen LogP contribution in [-0.4, -0.2) is 32.5 Å². The predicted octanol–water partition coefficient (Wildman–Crippen LogP) is 2.32. The highest BCUT2D eigenvalue weighted by Gasteiger charge is 2.07. The fourth-order valence-corrected chi connectivity index (χ4v) is 3.76. The molecule has 0 saturated heterocycles. The number of aryl methyl sites for hydroxylation is 2. The third-order valence-corrected chi connectivity index (χ3v) is 5.67. The van der Waals surface area contributed by atoms with Crippen molar-refractivity contribution in [2.75, 3.05) is 13.1 Å². The van der Waals surface area contributed by atoms with Gasteiger partial charge in [-0.1, -0.05) is 12.1 Å². The van der Waals surface area contributed by atoms with Crippen molar-refractivity contribution in [3.05, 3.63) is 45.4 Å². The SMILES string of the molecule is CCNC(=NCc1sc(C)nc1C)NCCc1ccc(S(N)(=O)=O)cc1.I. The molecule has 0 fully saturated rings. The number of thiazole rings is 1. The highest BCUT2D eigenvalue weighted by atomic mass is 127. The van der Waals surface area contributed by atoms with Crippen molar-refractivity contribution in [1.82, 2.24) is 15.6 Å². The molecule has 0 aliphatic rings. The summed E-state index contributed by atoms with van der Waals surface area (Å²) in [6.07, 6.45) is 0.744. The normalized spacial score (nSPS) is 11.8. The highest BCUT2D eigenvalue weighted by Crippen LogP contribution is 2.17. The summed E-state index contributed by atoms with van der Waals surface area (Å²) in [5, 5.41) is 12.7. The van der Waals surface area contributed by atoms with Crippen LogP contribution in [0.3, 0.4) is 0 Å². The van der Waals surface area contributed by atoms with Gasteiger partial charge in [0.05, 0.1) is 22.1 Å². The number of rotatable bonds is 7. The van der Waals surface area contributed by atoms with Gasteiger partial charge in [0.1, 0.15) is 0 Å². The lowest BCUT2D eigenvalue weighted by Gasteiger charge is -2.11. The first-order valence-electron chi connectivity index (χ1n) is 8.36. The third kappa shape index (κ3) is 7.72. The lowest BCUT2D eigenvalue weighted by molar-refractivity contribution is 0.598. The van der Waals surface area contributed by atoms with Crippen LogP contribution in [0.5, 0.6) is 0 Å². The molecule has 10 heteroatoms. The van der Waals surface area contributed by atoms with Crippen LogP contribution in [0.2, 0.25) is 0 Å². The van der Waals surface area contributed by atoms with Gasteiger partial charge in [0.2, 0.25) is 10.0 Å². The van der Waals surface area contributed by atoms with Gasteiger partial charge in [-0.05, 0) is 44.9 Å². The zero-order chi connectivity index (χ0) is 19.2. The smallest absolute Gasteiger partial charge is 0.238 e. The largest absolute Gasteiger partial charge is 0.357 e. The molecule has 150 valence electrons. The second-order valence-electron chi connectivity index (χ2n) is 5.80. The van der Waals surface area contributed by atoms with Crippen LogP contribution >= 0.6 is 35.3 Å². The molecule has 0 saturated carbocycles. The summed E-state index contributed by atoms with van der Waals surface area (Å²) < 4.78 is 22.5. The minimum Gasteiger partial charge on any atom is -0.357 e. The standard InChI is InChI=1S/C17H25N5O2S2.HI/c1-4-19-17(21-11-16-12(2)22-13(3)25-16)20-10-9-14-5-7-15(8-6-14)26(18,23)24;/h5-8H,4,9-11H2,1-3H3,(H2,18,23,24)(H2,19,20,21);1H. The van der Waals surface area contributed by atoms with E-state index in [0.29, 0.717) is 13.1 Å². The second kappa shape index (κ2) is 10.9. The maximum absolute atomic E-state index is 11.3. The summed E-state index contributed by atoms with van der Waals surface area (Å²) >= 11 is 1.67. The first-order chi connectivity index (χ1) is 12.3. The molecule has 1 heterocycles. The van der Waals surface area contributed by atoms with Crippen molar-refractivity contribution in [2.45, 2.75) is 38.6 Å². The van der Waals surface area contributed by atoms with E-state index in [1.807, 2.05) is 20.8 Å². The van der Waals surface area contributed by atoms with Crippen LogP contribution < -0.4 is 15.8 Å². The van der Waals surface area contributed by atoms with Crippen molar-refractivity contribution in [3.63, 3.8) is 0 Å². The molecule has 0 aliphatic carbocycles. The van der Waals surface area contributed by atoms with E-state index in [2.05, 4.69) is 20.6 Å².